The van der Waals surface area contributed by atoms with Crippen LogP contribution in [0.25, 0.3) is 5.82 Å². The number of nitrogens with zero attached hydrogens (tertiary/aromatic N) is 5. The number of nitrogens with two attached hydrogens (primary N) is 1. The van der Waals surface area contributed by atoms with E-state index in [1.54, 1.807) is 0 Å². The summed E-state index contributed by atoms with van der Waals surface area (Å²) in [7, 11) is 1.25. The highest BCUT2D eigenvalue weighted by Gasteiger charge is 2.13. The molecular formula is C8H8N6O2. The lowest BCUT2D eigenvalue weighted by molar-refractivity contribution is 0.0587. The Morgan fingerprint density at radius 2 is 2.12 bits per heavy atom. The summed E-state index contributed by atoms with van der Waals surface area (Å²) in [4.78, 5) is 22.7. The van der Waals surface area contributed by atoms with E-state index < -0.39 is 5.97 Å². The molecule has 2 heterocycles. The van der Waals surface area contributed by atoms with Crippen LogP contribution in [0.1, 0.15) is 10.6 Å². The highest BCUT2D eigenvalue weighted by molar-refractivity contribution is 5.84. The molecular weight excluding hydrogens is 212 g/mol. The third-order valence-corrected chi connectivity index (χ3v) is 1.78. The largest absolute Gasteiger partial charge is 0.463 e. The van der Waals surface area contributed by atoms with Gasteiger partial charge in [-0.3, -0.25) is 0 Å². The van der Waals surface area contributed by atoms with Crippen molar-refractivity contribution in [3.63, 3.8) is 0 Å². The van der Waals surface area contributed by atoms with E-state index in [1.165, 1.54) is 30.5 Å². The smallest absolute Gasteiger partial charge is 0.377 e. The number of carbonyl (C=O) groups is 1. The lowest BCUT2D eigenvalue weighted by Crippen LogP contribution is -2.07. The molecule has 82 valence electrons. The Hall–Kier alpha value is -2.51. The van der Waals surface area contributed by atoms with Gasteiger partial charge in [0.25, 0.3) is 5.82 Å². The third-order valence-electron chi connectivity index (χ3n) is 1.78. The number of hydrogen-bond acceptors (Lipinski definition) is 7. The van der Waals surface area contributed by atoms with Gasteiger partial charge in [0, 0.05) is 12.4 Å². The normalized spacial score (nSPS) is 10.1. The minimum absolute atomic E-state index is 0.0625. The number of hydrogen-bond donors (Lipinski definition) is 1. The fourth-order valence-electron chi connectivity index (χ4n) is 1.07. The first-order valence-electron chi connectivity index (χ1n) is 4.29. The van der Waals surface area contributed by atoms with Crippen molar-refractivity contribution in [2.45, 2.75) is 0 Å². The van der Waals surface area contributed by atoms with Crippen molar-refractivity contribution in [2.24, 2.45) is 0 Å². The van der Waals surface area contributed by atoms with Gasteiger partial charge in [0.2, 0.25) is 0 Å². The Kier molecular flexibility index (Phi) is 2.46. The van der Waals surface area contributed by atoms with Crippen molar-refractivity contribution in [2.75, 3.05) is 12.8 Å². The molecule has 0 saturated carbocycles. The van der Waals surface area contributed by atoms with Gasteiger partial charge < -0.3 is 10.5 Å². The summed E-state index contributed by atoms with van der Waals surface area (Å²) in [6.45, 7) is 0. The predicted molar refractivity (Wildman–Crippen MR) is 52.7 cm³/mol. The van der Waals surface area contributed by atoms with Gasteiger partial charge in [-0.25, -0.2) is 19.7 Å². The second kappa shape index (κ2) is 3.93. The van der Waals surface area contributed by atoms with Crippen molar-refractivity contribution in [3.05, 3.63) is 24.5 Å². The Morgan fingerprint density at radius 1 is 1.38 bits per heavy atom. The topological polar surface area (TPSA) is 109 Å². The fraction of sp³-hybridized carbons (Fsp3) is 0.125. The molecule has 0 radical (unpaired) electrons. The average Bonchev–Trinajstić information content (AvgIpc) is 2.78. The summed E-state index contributed by atoms with van der Waals surface area (Å²) >= 11 is 0. The summed E-state index contributed by atoms with van der Waals surface area (Å²) in [5.41, 5.74) is 5.59. The molecule has 0 unspecified atom stereocenters. The summed E-state index contributed by atoms with van der Waals surface area (Å²) in [5.74, 6) is -0.178. The highest BCUT2D eigenvalue weighted by Crippen LogP contribution is 2.08. The second-order valence-electron chi connectivity index (χ2n) is 2.77. The molecule has 2 rings (SSSR count). The van der Waals surface area contributed by atoms with E-state index >= 15 is 0 Å². The van der Waals surface area contributed by atoms with Crippen molar-refractivity contribution in [3.8, 4) is 5.82 Å². The molecule has 0 spiro atoms. The number of rotatable bonds is 2. The van der Waals surface area contributed by atoms with Crippen molar-refractivity contribution >= 4 is 11.8 Å². The molecule has 0 fully saturated rings. The zero-order valence-corrected chi connectivity index (χ0v) is 8.36. The molecule has 0 aliphatic rings. The van der Waals surface area contributed by atoms with Crippen molar-refractivity contribution < 1.29 is 9.53 Å². The quantitative estimate of drug-likeness (QED) is 0.674. The summed E-state index contributed by atoms with van der Waals surface area (Å²) in [6.07, 6.45) is 4.23. The number of anilines is 1. The molecule has 0 aliphatic carbocycles. The first-order valence-corrected chi connectivity index (χ1v) is 4.29. The maximum absolute atomic E-state index is 11.1. The van der Waals surface area contributed by atoms with Crippen molar-refractivity contribution in [1.82, 2.24) is 24.7 Å². The van der Waals surface area contributed by atoms with E-state index in [4.69, 9.17) is 5.73 Å². The van der Waals surface area contributed by atoms with Gasteiger partial charge in [-0.1, -0.05) is 0 Å². The van der Waals surface area contributed by atoms with Gasteiger partial charge in [0.15, 0.2) is 11.6 Å². The highest BCUT2D eigenvalue weighted by atomic mass is 16.5. The molecule has 8 heteroatoms. The standard InChI is InChI=1S/C8H8N6O2/c1-16-8(15)6-12-4-14(13-6)7-5(9)10-2-3-11-7/h2-4H,1H3,(H2,9,10). The van der Waals surface area contributed by atoms with Crippen LogP contribution < -0.4 is 5.73 Å². The summed E-state index contributed by atoms with van der Waals surface area (Å²) in [5, 5.41) is 3.86. The van der Waals surface area contributed by atoms with Gasteiger partial charge in [0.1, 0.15) is 6.33 Å². The van der Waals surface area contributed by atoms with E-state index in [2.05, 4.69) is 24.8 Å². The van der Waals surface area contributed by atoms with Crippen LogP contribution in [0.15, 0.2) is 18.7 Å². The van der Waals surface area contributed by atoms with Crippen molar-refractivity contribution in [1.29, 1.82) is 0 Å². The molecule has 0 aromatic carbocycles. The van der Waals surface area contributed by atoms with Crippen LogP contribution in [0.5, 0.6) is 0 Å². The van der Waals surface area contributed by atoms with Crippen LogP contribution >= 0.6 is 0 Å². The zero-order valence-electron chi connectivity index (χ0n) is 8.36. The molecule has 2 N–H and O–H groups in total. The molecule has 2 aromatic rings. The maximum atomic E-state index is 11.1. The SMILES string of the molecule is COC(=O)c1ncn(-c2nccnc2N)n1. The van der Waals surface area contributed by atoms with Crippen LogP contribution in [0.4, 0.5) is 5.82 Å². The number of esters is 1. The minimum atomic E-state index is -0.624. The number of carbonyl (C=O) groups excluding carboxylic acids is 1. The predicted octanol–water partition coefficient (Wildman–Crippen LogP) is -0.574. The maximum Gasteiger partial charge on any atom is 0.377 e. The van der Waals surface area contributed by atoms with E-state index in [-0.39, 0.29) is 11.6 Å². The van der Waals surface area contributed by atoms with Gasteiger partial charge >= 0.3 is 5.97 Å². The molecule has 16 heavy (non-hydrogen) atoms. The van der Waals surface area contributed by atoms with Gasteiger partial charge in [-0.05, 0) is 0 Å². The molecule has 0 saturated heterocycles. The van der Waals surface area contributed by atoms with Crippen LogP contribution in [-0.4, -0.2) is 37.8 Å². The number of aromatic nitrogens is 5. The number of nitrogen functional groups attached to an aromatic ring is 1. The summed E-state index contributed by atoms with van der Waals surface area (Å²) < 4.78 is 5.73. The van der Waals surface area contributed by atoms with E-state index in [0.29, 0.717) is 5.82 Å². The van der Waals surface area contributed by atoms with Gasteiger partial charge in [-0.15, -0.1) is 5.10 Å². The second-order valence-corrected chi connectivity index (χ2v) is 2.77. The molecule has 0 bridgehead atoms. The van der Waals surface area contributed by atoms with Crippen LogP contribution in [0, 0.1) is 0 Å². The van der Waals surface area contributed by atoms with Crippen LogP contribution in [0.3, 0.4) is 0 Å². The Morgan fingerprint density at radius 3 is 2.81 bits per heavy atom. The molecule has 2 aromatic heterocycles. The Balaban J connectivity index is 2.39. The number of methoxy groups -OCH3 is 1. The average molecular weight is 220 g/mol. The Bertz CT molecular complexity index is 523. The monoisotopic (exact) mass is 220 g/mol. The third kappa shape index (κ3) is 1.67. The first kappa shape index (κ1) is 10.0. The van der Waals surface area contributed by atoms with Crippen LogP contribution in [0.2, 0.25) is 0 Å². The Labute approximate surface area is 90.1 Å². The molecule has 8 nitrogen and oxygen atoms in total. The minimum Gasteiger partial charge on any atom is -0.463 e. The van der Waals surface area contributed by atoms with Gasteiger partial charge in [0.05, 0.1) is 7.11 Å². The molecule has 0 atom stereocenters. The molecule has 0 aliphatic heterocycles. The van der Waals surface area contributed by atoms with E-state index in [1.807, 2.05) is 0 Å². The van der Waals surface area contributed by atoms with Crippen LogP contribution in [-0.2, 0) is 4.74 Å². The fourth-order valence-corrected chi connectivity index (χ4v) is 1.07. The molecule has 0 amide bonds. The van der Waals surface area contributed by atoms with Gasteiger partial charge in [-0.2, -0.15) is 4.68 Å². The first-order chi connectivity index (χ1) is 7.72. The lowest BCUT2D eigenvalue weighted by atomic mass is 10.6. The summed E-state index contributed by atoms with van der Waals surface area (Å²) in [6, 6.07) is 0. The lowest BCUT2D eigenvalue weighted by Gasteiger charge is -2.00. The van der Waals surface area contributed by atoms with E-state index in [0.717, 1.165) is 0 Å². The van der Waals surface area contributed by atoms with E-state index in [9.17, 15) is 4.79 Å². The zero-order chi connectivity index (χ0) is 11.5. The number of ether oxygens (including phenoxy) is 1.